The lowest BCUT2D eigenvalue weighted by Gasteiger charge is -2.37. The summed E-state index contributed by atoms with van der Waals surface area (Å²) in [5.74, 6) is 0.987. The number of rotatable bonds is 8. The molecule has 1 amide bonds. The molecule has 2 aliphatic heterocycles. The van der Waals surface area contributed by atoms with Gasteiger partial charge in [0.15, 0.2) is 5.13 Å². The highest BCUT2D eigenvalue weighted by Gasteiger charge is 2.38. The number of piperidine rings is 1. The number of esters is 1. The molecule has 0 radical (unpaired) electrons. The van der Waals surface area contributed by atoms with Gasteiger partial charge in [-0.3, -0.25) is 4.79 Å². The number of nitrogens with zero attached hydrogens (tertiary/aromatic N) is 3. The summed E-state index contributed by atoms with van der Waals surface area (Å²) >= 11 is 1.57. The molecule has 0 bridgehead atoms. The minimum Gasteiger partial charge on any atom is -0.496 e. The van der Waals surface area contributed by atoms with Crippen LogP contribution in [0.4, 0.5) is 9.93 Å². The first-order valence-corrected chi connectivity index (χ1v) is 17.4. The molecule has 1 aromatic heterocycles. The predicted octanol–water partition coefficient (Wildman–Crippen LogP) is 7.18. The second-order valence-corrected chi connectivity index (χ2v) is 15.3. The van der Waals surface area contributed by atoms with E-state index in [1.54, 1.807) is 30.5 Å². The van der Waals surface area contributed by atoms with E-state index >= 15 is 0 Å². The summed E-state index contributed by atoms with van der Waals surface area (Å²) in [4.78, 5) is 34.5. The Morgan fingerprint density at radius 3 is 2.46 bits per heavy atom. The van der Waals surface area contributed by atoms with Crippen molar-refractivity contribution >= 4 is 28.5 Å². The highest BCUT2D eigenvalue weighted by atomic mass is 32.1. The van der Waals surface area contributed by atoms with Crippen LogP contribution in [-0.4, -0.2) is 73.1 Å². The zero-order valence-electron chi connectivity index (χ0n) is 29.7. The highest BCUT2D eigenvalue weighted by molar-refractivity contribution is 7.14. The van der Waals surface area contributed by atoms with Gasteiger partial charge in [-0.1, -0.05) is 18.2 Å². The molecule has 260 valence electrons. The molecule has 0 unspecified atom stereocenters. The molecule has 1 fully saturated rings. The van der Waals surface area contributed by atoms with E-state index in [0.717, 1.165) is 50.1 Å². The minimum atomic E-state index is -0.551. The largest absolute Gasteiger partial charge is 0.496 e. The zero-order valence-corrected chi connectivity index (χ0v) is 30.5. The smallest absolute Gasteiger partial charge is 0.410 e. The van der Waals surface area contributed by atoms with E-state index in [4.69, 9.17) is 28.7 Å². The van der Waals surface area contributed by atoms with Crippen LogP contribution in [-0.2, 0) is 38.6 Å². The molecular formula is C37H49N3O7S. The van der Waals surface area contributed by atoms with Gasteiger partial charge in [0.25, 0.3) is 0 Å². The van der Waals surface area contributed by atoms with Crippen molar-refractivity contribution in [2.24, 2.45) is 5.92 Å². The summed E-state index contributed by atoms with van der Waals surface area (Å²) in [6.45, 7) is 15.9. The number of aryl methyl sites for hydroxylation is 1. The summed E-state index contributed by atoms with van der Waals surface area (Å²) in [5.41, 5.74) is 4.80. The Morgan fingerprint density at radius 1 is 1.02 bits per heavy atom. The number of thiazole rings is 1. The van der Waals surface area contributed by atoms with Gasteiger partial charge in [-0.2, -0.15) is 0 Å². The van der Waals surface area contributed by atoms with Crippen molar-refractivity contribution in [1.82, 2.24) is 9.88 Å². The van der Waals surface area contributed by atoms with E-state index < -0.39 is 11.2 Å². The molecular weight excluding hydrogens is 630 g/mol. The standard InChI is InChI=1S/C37H49N3O7S/c1-23-11-10-12-26(29-22-48-34(38-29)39-16-14-27(31(20-39)44-9)33(41)46-36(2,3)4)32(23)45-21-24-17-25-13-15-40(35(42)47-37(5,6)7)19-28(25)30(18-24)43-8/h10-12,17-18,22,27,31H,13-16,19-21H2,1-9H3/t27-,31+/m0/s1. The number of benzene rings is 2. The first kappa shape index (κ1) is 35.5. The minimum absolute atomic E-state index is 0.213. The van der Waals surface area contributed by atoms with Crippen molar-refractivity contribution in [3.05, 3.63) is 58.0 Å². The lowest BCUT2D eigenvalue weighted by Crippen LogP contribution is -2.49. The van der Waals surface area contributed by atoms with Crippen molar-refractivity contribution in [2.75, 3.05) is 38.8 Å². The fourth-order valence-electron chi connectivity index (χ4n) is 6.15. The second kappa shape index (κ2) is 14.3. The number of carbonyl (C=O) groups excluding carboxylic acids is 2. The highest BCUT2D eigenvalue weighted by Crippen LogP contribution is 2.38. The van der Waals surface area contributed by atoms with E-state index in [9.17, 15) is 9.59 Å². The van der Waals surface area contributed by atoms with Gasteiger partial charge in [0.2, 0.25) is 0 Å². The van der Waals surface area contributed by atoms with E-state index in [1.807, 2.05) is 72.7 Å². The van der Waals surface area contributed by atoms with Gasteiger partial charge >= 0.3 is 12.1 Å². The van der Waals surface area contributed by atoms with E-state index in [0.29, 0.717) is 45.6 Å². The fourth-order valence-corrected chi connectivity index (χ4v) is 7.02. The van der Waals surface area contributed by atoms with E-state index in [1.165, 1.54) is 0 Å². The molecule has 0 spiro atoms. The van der Waals surface area contributed by atoms with Crippen LogP contribution in [0.25, 0.3) is 11.3 Å². The molecule has 0 aliphatic carbocycles. The Balaban J connectivity index is 1.29. The SMILES string of the molecule is COc1cc(COc2c(C)cccc2-c2csc(N3CC[C@H](C(=O)OC(C)(C)C)[C@H](OC)C3)n2)cc2c1CN(C(=O)OC(C)(C)C)CC2. The third-order valence-corrected chi connectivity index (χ3v) is 9.34. The molecule has 3 heterocycles. The molecule has 1 saturated heterocycles. The Kier molecular flexibility index (Phi) is 10.6. The molecule has 2 aliphatic rings. The number of aromatic nitrogens is 1. The lowest BCUT2D eigenvalue weighted by atomic mass is 9.93. The van der Waals surface area contributed by atoms with Gasteiger partial charge in [-0.15, -0.1) is 11.3 Å². The van der Waals surface area contributed by atoms with E-state index in [-0.39, 0.29) is 24.1 Å². The molecule has 2 atom stereocenters. The summed E-state index contributed by atoms with van der Waals surface area (Å²) in [6.07, 6.45) is 0.732. The number of fused-ring (bicyclic) bond motifs is 1. The van der Waals surface area contributed by atoms with Crippen LogP contribution < -0.4 is 14.4 Å². The number of ether oxygens (including phenoxy) is 5. The first-order valence-electron chi connectivity index (χ1n) is 16.5. The summed E-state index contributed by atoms with van der Waals surface area (Å²) < 4.78 is 29.3. The number of hydrogen-bond acceptors (Lipinski definition) is 10. The zero-order chi connectivity index (χ0) is 34.8. The Bertz CT molecular complexity index is 1610. The average Bonchev–Trinajstić information content (AvgIpc) is 3.51. The lowest BCUT2D eigenvalue weighted by molar-refractivity contribution is -0.165. The quantitative estimate of drug-likeness (QED) is 0.229. The number of methoxy groups -OCH3 is 2. The van der Waals surface area contributed by atoms with Crippen molar-refractivity contribution in [2.45, 2.75) is 91.8 Å². The normalized spacial score (nSPS) is 18.3. The summed E-state index contributed by atoms with van der Waals surface area (Å²) in [6, 6.07) is 10.2. The van der Waals surface area contributed by atoms with Crippen molar-refractivity contribution in [1.29, 1.82) is 0 Å². The van der Waals surface area contributed by atoms with Gasteiger partial charge in [0, 0.05) is 43.3 Å². The Hall–Kier alpha value is -3.83. The summed E-state index contributed by atoms with van der Waals surface area (Å²) in [7, 11) is 3.30. The van der Waals surface area contributed by atoms with Gasteiger partial charge in [-0.25, -0.2) is 9.78 Å². The summed E-state index contributed by atoms with van der Waals surface area (Å²) in [5, 5.41) is 2.93. The number of para-hydroxylation sites is 1. The van der Waals surface area contributed by atoms with Gasteiger partial charge in [-0.05, 0) is 90.1 Å². The average molecular weight is 680 g/mol. The van der Waals surface area contributed by atoms with Crippen LogP contribution in [0, 0.1) is 12.8 Å². The molecule has 3 aromatic rings. The van der Waals surface area contributed by atoms with Crippen LogP contribution in [0.15, 0.2) is 35.7 Å². The number of amides is 1. The maximum Gasteiger partial charge on any atom is 0.410 e. The first-order chi connectivity index (χ1) is 22.7. The second-order valence-electron chi connectivity index (χ2n) is 14.5. The molecule has 2 aromatic carbocycles. The molecule has 0 saturated carbocycles. The van der Waals surface area contributed by atoms with Crippen molar-refractivity contribution in [3.8, 4) is 22.8 Å². The molecule has 5 rings (SSSR count). The van der Waals surface area contributed by atoms with Crippen LogP contribution >= 0.6 is 11.3 Å². The third kappa shape index (κ3) is 8.41. The maximum absolute atomic E-state index is 12.9. The molecule has 10 nitrogen and oxygen atoms in total. The van der Waals surface area contributed by atoms with E-state index in [2.05, 4.69) is 16.3 Å². The van der Waals surface area contributed by atoms with Crippen LogP contribution in [0.1, 0.15) is 70.2 Å². The number of anilines is 1. The van der Waals surface area contributed by atoms with Gasteiger partial charge in [0.1, 0.15) is 29.3 Å². The van der Waals surface area contributed by atoms with Gasteiger partial charge in [0.05, 0.1) is 31.4 Å². The Morgan fingerprint density at radius 2 is 1.77 bits per heavy atom. The third-order valence-electron chi connectivity index (χ3n) is 8.44. The monoisotopic (exact) mass is 679 g/mol. The number of carbonyl (C=O) groups is 2. The van der Waals surface area contributed by atoms with Crippen LogP contribution in [0.3, 0.4) is 0 Å². The van der Waals surface area contributed by atoms with Gasteiger partial charge < -0.3 is 33.5 Å². The van der Waals surface area contributed by atoms with Crippen LogP contribution in [0.5, 0.6) is 11.5 Å². The van der Waals surface area contributed by atoms with Crippen LogP contribution in [0.2, 0.25) is 0 Å². The molecule has 11 heteroatoms. The maximum atomic E-state index is 12.9. The molecule has 0 N–H and O–H groups in total. The fraction of sp³-hybridized carbons (Fsp3) is 0.541. The number of hydrogen-bond donors (Lipinski definition) is 0. The van der Waals surface area contributed by atoms with Crippen molar-refractivity contribution < 1.29 is 33.3 Å². The Labute approximate surface area is 288 Å². The van der Waals surface area contributed by atoms with Crippen molar-refractivity contribution in [3.63, 3.8) is 0 Å². The predicted molar refractivity (Wildman–Crippen MR) is 187 cm³/mol. The molecule has 48 heavy (non-hydrogen) atoms. The topological polar surface area (TPSA) is 99.7 Å².